The van der Waals surface area contributed by atoms with E-state index in [1.807, 2.05) is 54.6 Å². The molecule has 0 radical (unpaired) electrons. The molecule has 0 aliphatic heterocycles. The molecule has 0 aliphatic carbocycles. The molecule has 4 aromatic rings. The predicted molar refractivity (Wildman–Crippen MR) is 117 cm³/mol. The number of nitrogens with zero attached hydrogens (tertiary/aromatic N) is 2. The van der Waals surface area contributed by atoms with Gasteiger partial charge in [-0.2, -0.15) is 0 Å². The van der Waals surface area contributed by atoms with Crippen molar-refractivity contribution < 1.29 is 4.79 Å². The lowest BCUT2D eigenvalue weighted by atomic mass is 10.0. The molecular formula is C24H20ClN3O. The zero-order valence-electron chi connectivity index (χ0n) is 16.0. The van der Waals surface area contributed by atoms with E-state index in [-0.39, 0.29) is 11.9 Å². The molecule has 1 atom stereocenters. The Balaban J connectivity index is 1.78. The number of carbonyl (C=O) groups is 1. The number of hydrogen-bond acceptors (Lipinski definition) is 3. The summed E-state index contributed by atoms with van der Waals surface area (Å²) in [6.07, 6.45) is 4.24. The van der Waals surface area contributed by atoms with E-state index in [4.69, 9.17) is 16.6 Å². The molecule has 1 N–H and O–H groups in total. The van der Waals surface area contributed by atoms with Gasteiger partial charge in [0.15, 0.2) is 0 Å². The Morgan fingerprint density at radius 3 is 2.62 bits per heavy atom. The number of nitrogens with one attached hydrogen (secondary N) is 1. The highest BCUT2D eigenvalue weighted by molar-refractivity contribution is 6.31. The van der Waals surface area contributed by atoms with Crippen LogP contribution < -0.4 is 5.32 Å². The van der Waals surface area contributed by atoms with Crippen LogP contribution in [0.25, 0.3) is 22.2 Å². The van der Waals surface area contributed by atoms with Gasteiger partial charge in [0.1, 0.15) is 0 Å². The summed E-state index contributed by atoms with van der Waals surface area (Å²) in [7, 11) is 0. The molecule has 2 aromatic heterocycles. The van der Waals surface area contributed by atoms with Gasteiger partial charge < -0.3 is 5.32 Å². The summed E-state index contributed by atoms with van der Waals surface area (Å²) < 4.78 is 0. The lowest BCUT2D eigenvalue weighted by Gasteiger charge is -2.18. The first-order chi connectivity index (χ1) is 14.2. The summed E-state index contributed by atoms with van der Waals surface area (Å²) in [5.41, 5.74) is 3.89. The number of aromatic nitrogens is 2. The highest BCUT2D eigenvalue weighted by atomic mass is 35.5. The third kappa shape index (κ3) is 4.13. The molecule has 144 valence electrons. The van der Waals surface area contributed by atoms with Crippen LogP contribution in [0, 0.1) is 0 Å². The second-order valence-corrected chi connectivity index (χ2v) is 7.24. The fourth-order valence-electron chi connectivity index (χ4n) is 3.39. The largest absolute Gasteiger partial charge is 0.345 e. The topological polar surface area (TPSA) is 54.9 Å². The van der Waals surface area contributed by atoms with Gasteiger partial charge in [0, 0.05) is 28.4 Å². The number of benzene rings is 2. The number of carbonyl (C=O) groups excluding carboxylic acids is 1. The van der Waals surface area contributed by atoms with Crippen LogP contribution in [0.4, 0.5) is 0 Å². The number of rotatable bonds is 5. The third-order valence-corrected chi connectivity index (χ3v) is 5.12. The summed E-state index contributed by atoms with van der Waals surface area (Å²) in [5, 5.41) is 4.46. The van der Waals surface area contributed by atoms with Crippen LogP contribution in [0.2, 0.25) is 5.02 Å². The first-order valence-electron chi connectivity index (χ1n) is 9.52. The molecule has 1 amide bonds. The van der Waals surface area contributed by atoms with E-state index in [0.717, 1.165) is 22.9 Å². The van der Waals surface area contributed by atoms with Crippen LogP contribution in [0.5, 0.6) is 0 Å². The van der Waals surface area contributed by atoms with Crippen LogP contribution in [-0.2, 0) is 0 Å². The van der Waals surface area contributed by atoms with E-state index < -0.39 is 0 Å². The molecule has 0 saturated carbocycles. The fourth-order valence-corrected chi connectivity index (χ4v) is 3.56. The standard InChI is InChI=1S/C24H20ClN3O/c1-2-21(16-7-4-3-5-8-16)28-24(29)20-14-23(17-9-6-12-26-15-17)27-22-11-10-18(25)13-19(20)22/h3-15,21H,2H2,1H3,(H,28,29)/t21-/m0/s1. The Labute approximate surface area is 174 Å². The molecule has 29 heavy (non-hydrogen) atoms. The smallest absolute Gasteiger partial charge is 0.252 e. The lowest BCUT2D eigenvalue weighted by molar-refractivity contribution is 0.0937. The summed E-state index contributed by atoms with van der Waals surface area (Å²) in [6.45, 7) is 2.06. The van der Waals surface area contributed by atoms with Crippen LogP contribution in [0.3, 0.4) is 0 Å². The summed E-state index contributed by atoms with van der Waals surface area (Å²) >= 11 is 6.21. The van der Waals surface area contributed by atoms with Crippen LogP contribution >= 0.6 is 11.6 Å². The zero-order chi connectivity index (χ0) is 20.2. The highest BCUT2D eigenvalue weighted by Crippen LogP contribution is 2.27. The van der Waals surface area contributed by atoms with Crippen LogP contribution in [0.15, 0.2) is 79.1 Å². The molecular weight excluding hydrogens is 382 g/mol. The fraction of sp³-hybridized carbons (Fsp3) is 0.125. The number of halogens is 1. The Bertz CT molecular complexity index is 1150. The molecule has 0 spiro atoms. The van der Waals surface area contributed by atoms with Crippen molar-refractivity contribution >= 4 is 28.4 Å². The predicted octanol–water partition coefficient (Wildman–Crippen LogP) is 5.83. The Morgan fingerprint density at radius 2 is 1.90 bits per heavy atom. The monoisotopic (exact) mass is 401 g/mol. The Hall–Kier alpha value is -3.24. The van der Waals surface area contributed by atoms with Gasteiger partial charge in [-0.25, -0.2) is 4.98 Å². The van der Waals surface area contributed by atoms with E-state index >= 15 is 0 Å². The molecule has 5 heteroatoms. The molecule has 0 aliphatic rings. The molecule has 2 heterocycles. The Kier molecular flexibility index (Phi) is 5.54. The van der Waals surface area contributed by atoms with Gasteiger partial charge in [-0.3, -0.25) is 9.78 Å². The van der Waals surface area contributed by atoms with Gasteiger partial charge in [-0.05, 0) is 48.4 Å². The number of amides is 1. The van der Waals surface area contributed by atoms with E-state index in [1.54, 1.807) is 24.5 Å². The van der Waals surface area contributed by atoms with E-state index in [1.165, 1.54) is 0 Å². The van der Waals surface area contributed by atoms with Crippen molar-refractivity contribution in [2.24, 2.45) is 0 Å². The zero-order valence-corrected chi connectivity index (χ0v) is 16.7. The van der Waals surface area contributed by atoms with Crippen molar-refractivity contribution in [1.29, 1.82) is 0 Å². The van der Waals surface area contributed by atoms with Gasteiger partial charge in [-0.15, -0.1) is 0 Å². The van der Waals surface area contributed by atoms with Gasteiger partial charge in [0.25, 0.3) is 5.91 Å². The van der Waals surface area contributed by atoms with Crippen molar-refractivity contribution in [1.82, 2.24) is 15.3 Å². The number of hydrogen-bond donors (Lipinski definition) is 1. The van der Waals surface area contributed by atoms with Crippen molar-refractivity contribution in [3.8, 4) is 11.3 Å². The minimum absolute atomic E-state index is 0.0760. The Morgan fingerprint density at radius 1 is 1.07 bits per heavy atom. The lowest BCUT2D eigenvalue weighted by Crippen LogP contribution is -2.28. The summed E-state index contributed by atoms with van der Waals surface area (Å²) in [4.78, 5) is 22.2. The maximum absolute atomic E-state index is 13.3. The van der Waals surface area contributed by atoms with Crippen molar-refractivity contribution in [3.63, 3.8) is 0 Å². The average Bonchev–Trinajstić information content (AvgIpc) is 2.77. The van der Waals surface area contributed by atoms with Crippen LogP contribution in [0.1, 0.15) is 35.3 Å². The first-order valence-corrected chi connectivity index (χ1v) is 9.90. The van der Waals surface area contributed by atoms with Crippen molar-refractivity contribution in [2.75, 3.05) is 0 Å². The first kappa shape index (κ1) is 19.1. The quantitative estimate of drug-likeness (QED) is 0.457. The maximum atomic E-state index is 13.3. The van der Waals surface area contributed by atoms with E-state index in [9.17, 15) is 4.79 Å². The average molecular weight is 402 g/mol. The van der Waals surface area contributed by atoms with Gasteiger partial charge >= 0.3 is 0 Å². The van der Waals surface area contributed by atoms with E-state index in [0.29, 0.717) is 21.8 Å². The minimum Gasteiger partial charge on any atom is -0.345 e. The molecule has 2 aromatic carbocycles. The van der Waals surface area contributed by atoms with Gasteiger partial charge in [0.05, 0.1) is 22.8 Å². The molecule has 0 unspecified atom stereocenters. The number of fused-ring (bicyclic) bond motifs is 1. The highest BCUT2D eigenvalue weighted by Gasteiger charge is 2.18. The van der Waals surface area contributed by atoms with Crippen molar-refractivity contribution in [2.45, 2.75) is 19.4 Å². The summed E-state index contributed by atoms with van der Waals surface area (Å²) in [5.74, 6) is -0.152. The molecule has 0 bridgehead atoms. The summed E-state index contributed by atoms with van der Waals surface area (Å²) in [6, 6.07) is 20.9. The van der Waals surface area contributed by atoms with Crippen molar-refractivity contribution in [3.05, 3.63) is 95.3 Å². The van der Waals surface area contributed by atoms with E-state index in [2.05, 4.69) is 17.2 Å². The second kappa shape index (κ2) is 8.41. The molecule has 0 fully saturated rings. The number of pyridine rings is 2. The van der Waals surface area contributed by atoms with Gasteiger partial charge in [0.2, 0.25) is 0 Å². The van der Waals surface area contributed by atoms with Crippen LogP contribution in [-0.4, -0.2) is 15.9 Å². The minimum atomic E-state index is -0.152. The normalized spacial score (nSPS) is 11.9. The second-order valence-electron chi connectivity index (χ2n) is 6.80. The molecule has 4 rings (SSSR count). The van der Waals surface area contributed by atoms with Gasteiger partial charge in [-0.1, -0.05) is 48.9 Å². The SMILES string of the molecule is CC[C@H](NC(=O)c1cc(-c2cccnc2)nc2ccc(Cl)cc12)c1ccccc1. The maximum Gasteiger partial charge on any atom is 0.252 e. The molecule has 4 nitrogen and oxygen atoms in total. The molecule has 0 saturated heterocycles. The third-order valence-electron chi connectivity index (χ3n) is 4.89.